The minimum atomic E-state index is -0.179. The lowest BCUT2D eigenvalue weighted by Gasteiger charge is -2.27. The summed E-state index contributed by atoms with van der Waals surface area (Å²) < 4.78 is 13.3. The fourth-order valence-corrected chi connectivity index (χ4v) is 2.68. The highest BCUT2D eigenvalue weighted by Gasteiger charge is 2.17. The highest BCUT2D eigenvalue weighted by Crippen LogP contribution is 2.22. The predicted molar refractivity (Wildman–Crippen MR) is 76.5 cm³/mol. The number of halogens is 1. The van der Waals surface area contributed by atoms with Crippen molar-refractivity contribution in [1.82, 2.24) is 9.88 Å². The summed E-state index contributed by atoms with van der Waals surface area (Å²) in [6, 6.07) is 5.24. The van der Waals surface area contributed by atoms with E-state index in [-0.39, 0.29) is 11.9 Å². The van der Waals surface area contributed by atoms with Gasteiger partial charge in [-0.15, -0.1) is 11.3 Å². The van der Waals surface area contributed by atoms with E-state index in [0.29, 0.717) is 12.1 Å². The number of likely N-dealkylation sites (N-methyl/N-ethyl adjacent to an activating group) is 1. The maximum Gasteiger partial charge on any atom is 0.126 e. The minimum Gasteiger partial charge on any atom is -0.329 e. The Labute approximate surface area is 116 Å². The smallest absolute Gasteiger partial charge is 0.126 e. The van der Waals surface area contributed by atoms with Gasteiger partial charge in [0, 0.05) is 24.5 Å². The van der Waals surface area contributed by atoms with Gasteiger partial charge in [-0.3, -0.25) is 4.90 Å². The second kappa shape index (κ2) is 6.23. The molecule has 0 aliphatic heterocycles. The summed E-state index contributed by atoms with van der Waals surface area (Å²) >= 11 is 1.58. The quantitative estimate of drug-likeness (QED) is 0.915. The summed E-state index contributed by atoms with van der Waals surface area (Å²) in [5.41, 5.74) is 10.4. The first-order valence-corrected chi connectivity index (χ1v) is 7.09. The third-order valence-corrected chi connectivity index (χ3v) is 3.85. The molecular weight excluding hydrogens is 261 g/mol. The van der Waals surface area contributed by atoms with Gasteiger partial charge in [-0.05, 0) is 31.2 Å². The molecule has 0 fully saturated rings. The summed E-state index contributed by atoms with van der Waals surface area (Å²) in [7, 11) is 2.01. The van der Waals surface area contributed by atoms with E-state index in [0.717, 1.165) is 17.8 Å². The summed E-state index contributed by atoms with van der Waals surface area (Å²) in [6.45, 7) is 3.00. The van der Waals surface area contributed by atoms with Gasteiger partial charge in [-0.1, -0.05) is 12.1 Å². The lowest BCUT2D eigenvalue weighted by molar-refractivity contribution is 0.239. The van der Waals surface area contributed by atoms with E-state index in [4.69, 9.17) is 5.73 Å². The molecule has 1 aromatic carbocycles. The highest BCUT2D eigenvalue weighted by molar-refractivity contribution is 7.07. The molecule has 1 unspecified atom stereocenters. The minimum absolute atomic E-state index is 0.0704. The number of hydrogen-bond donors (Lipinski definition) is 1. The summed E-state index contributed by atoms with van der Waals surface area (Å²) in [6.07, 6.45) is 0. The summed E-state index contributed by atoms with van der Waals surface area (Å²) in [4.78, 5) is 6.41. The van der Waals surface area contributed by atoms with Crippen LogP contribution in [0.25, 0.3) is 0 Å². The molecule has 2 aromatic rings. The average molecular weight is 279 g/mol. The standard InChI is InChI=1S/C14H18FN3S/c1-10-5-11(3-4-13(10)15)14(6-16)18(2)7-12-8-19-9-17-12/h3-5,8-9,14H,6-7,16H2,1-2H3. The van der Waals surface area contributed by atoms with Crippen molar-refractivity contribution in [2.24, 2.45) is 5.73 Å². The molecule has 2 N–H and O–H groups in total. The molecule has 0 saturated heterocycles. The molecule has 1 aromatic heterocycles. The van der Waals surface area contributed by atoms with Crippen molar-refractivity contribution in [3.05, 3.63) is 51.7 Å². The number of nitrogens with two attached hydrogens (primary N) is 1. The number of benzene rings is 1. The zero-order valence-electron chi connectivity index (χ0n) is 11.1. The first kappa shape index (κ1) is 14.1. The third-order valence-electron chi connectivity index (χ3n) is 3.22. The van der Waals surface area contributed by atoms with E-state index in [2.05, 4.69) is 9.88 Å². The van der Waals surface area contributed by atoms with Crippen LogP contribution in [0.3, 0.4) is 0 Å². The van der Waals surface area contributed by atoms with Gasteiger partial charge >= 0.3 is 0 Å². The Morgan fingerprint density at radius 1 is 1.47 bits per heavy atom. The second-order valence-corrected chi connectivity index (χ2v) is 5.37. The molecule has 0 bridgehead atoms. The van der Waals surface area contributed by atoms with E-state index in [1.165, 1.54) is 6.07 Å². The summed E-state index contributed by atoms with van der Waals surface area (Å²) in [5, 5.41) is 2.03. The lowest BCUT2D eigenvalue weighted by Crippen LogP contribution is -2.30. The van der Waals surface area contributed by atoms with Crippen molar-refractivity contribution in [3.63, 3.8) is 0 Å². The predicted octanol–water partition coefficient (Wildman–Crippen LogP) is 2.72. The van der Waals surface area contributed by atoms with Gasteiger partial charge in [0.15, 0.2) is 0 Å². The Morgan fingerprint density at radius 2 is 2.26 bits per heavy atom. The van der Waals surface area contributed by atoms with Gasteiger partial charge in [-0.25, -0.2) is 9.37 Å². The Morgan fingerprint density at radius 3 is 2.84 bits per heavy atom. The van der Waals surface area contributed by atoms with Crippen LogP contribution in [-0.2, 0) is 6.54 Å². The molecular formula is C14H18FN3S. The molecule has 3 nitrogen and oxygen atoms in total. The Kier molecular flexibility index (Phi) is 4.63. The van der Waals surface area contributed by atoms with Crippen LogP contribution < -0.4 is 5.73 Å². The average Bonchev–Trinajstić information content (AvgIpc) is 2.87. The largest absolute Gasteiger partial charge is 0.329 e. The highest BCUT2D eigenvalue weighted by atomic mass is 32.1. The fourth-order valence-electron chi connectivity index (χ4n) is 2.13. The molecule has 0 aliphatic carbocycles. The van der Waals surface area contributed by atoms with Crippen molar-refractivity contribution in [3.8, 4) is 0 Å². The maximum absolute atomic E-state index is 13.3. The fraction of sp³-hybridized carbons (Fsp3) is 0.357. The molecule has 19 heavy (non-hydrogen) atoms. The van der Waals surface area contributed by atoms with Crippen LogP contribution in [0.15, 0.2) is 29.1 Å². The van der Waals surface area contributed by atoms with Gasteiger partial charge in [0.1, 0.15) is 5.82 Å². The number of thiazole rings is 1. The van der Waals surface area contributed by atoms with Gasteiger partial charge < -0.3 is 5.73 Å². The molecule has 0 spiro atoms. The van der Waals surface area contributed by atoms with E-state index in [1.54, 1.807) is 24.3 Å². The van der Waals surface area contributed by atoms with Gasteiger partial charge in [0.2, 0.25) is 0 Å². The van der Waals surface area contributed by atoms with Gasteiger partial charge in [0.05, 0.1) is 11.2 Å². The number of nitrogens with zero attached hydrogens (tertiary/aromatic N) is 2. The zero-order chi connectivity index (χ0) is 13.8. The molecule has 0 saturated carbocycles. The maximum atomic E-state index is 13.3. The lowest BCUT2D eigenvalue weighted by atomic mass is 10.0. The van der Waals surface area contributed by atoms with Crippen molar-refractivity contribution in [2.45, 2.75) is 19.5 Å². The number of aromatic nitrogens is 1. The summed E-state index contributed by atoms with van der Waals surface area (Å²) in [5.74, 6) is -0.179. The Bertz CT molecular complexity index is 527. The second-order valence-electron chi connectivity index (χ2n) is 4.66. The topological polar surface area (TPSA) is 42.1 Å². The van der Waals surface area contributed by atoms with Crippen LogP contribution in [0.5, 0.6) is 0 Å². The van der Waals surface area contributed by atoms with Crippen LogP contribution in [0, 0.1) is 12.7 Å². The van der Waals surface area contributed by atoms with E-state index in [1.807, 2.05) is 24.0 Å². The molecule has 0 radical (unpaired) electrons. The van der Waals surface area contributed by atoms with E-state index < -0.39 is 0 Å². The van der Waals surface area contributed by atoms with Crippen LogP contribution in [0.4, 0.5) is 4.39 Å². The number of aryl methyl sites for hydroxylation is 1. The van der Waals surface area contributed by atoms with Crippen molar-refractivity contribution in [1.29, 1.82) is 0 Å². The van der Waals surface area contributed by atoms with Crippen molar-refractivity contribution < 1.29 is 4.39 Å². The Hall–Kier alpha value is -1.30. The van der Waals surface area contributed by atoms with Crippen LogP contribution in [0.2, 0.25) is 0 Å². The Balaban J connectivity index is 2.16. The number of hydrogen-bond acceptors (Lipinski definition) is 4. The first-order valence-electron chi connectivity index (χ1n) is 6.15. The normalized spacial score (nSPS) is 12.9. The van der Waals surface area contributed by atoms with Crippen LogP contribution in [0.1, 0.15) is 22.9 Å². The van der Waals surface area contributed by atoms with Crippen molar-refractivity contribution >= 4 is 11.3 Å². The van der Waals surface area contributed by atoms with E-state index >= 15 is 0 Å². The SMILES string of the molecule is Cc1cc(C(CN)N(C)Cc2cscn2)ccc1F. The molecule has 0 aliphatic rings. The number of rotatable bonds is 5. The molecule has 0 amide bonds. The molecule has 5 heteroatoms. The van der Waals surface area contributed by atoms with Gasteiger partial charge in [0.25, 0.3) is 0 Å². The van der Waals surface area contributed by atoms with Gasteiger partial charge in [-0.2, -0.15) is 0 Å². The van der Waals surface area contributed by atoms with Crippen LogP contribution >= 0.6 is 11.3 Å². The molecule has 1 atom stereocenters. The first-order chi connectivity index (χ1) is 9.11. The zero-order valence-corrected chi connectivity index (χ0v) is 12.0. The molecule has 2 rings (SSSR count). The third kappa shape index (κ3) is 3.37. The molecule has 102 valence electrons. The molecule has 1 heterocycles. The monoisotopic (exact) mass is 279 g/mol. The van der Waals surface area contributed by atoms with Crippen molar-refractivity contribution in [2.75, 3.05) is 13.6 Å². The van der Waals surface area contributed by atoms with Crippen LogP contribution in [-0.4, -0.2) is 23.5 Å². The van der Waals surface area contributed by atoms with E-state index in [9.17, 15) is 4.39 Å².